The van der Waals surface area contributed by atoms with Crippen molar-refractivity contribution in [2.24, 2.45) is 0 Å². The SMILES string of the molecule is CC(C)Nc1nc(SC(=O)N(c2ccccc2)c2ccccc2)nc(N(C(C)C)C(C)C)n1. The Bertz CT molecular complexity index is 996. The van der Waals surface area contributed by atoms with Crippen LogP contribution in [0.15, 0.2) is 65.8 Å². The van der Waals surface area contributed by atoms with E-state index in [0.717, 1.165) is 23.1 Å². The maximum absolute atomic E-state index is 13.6. The minimum Gasteiger partial charge on any atom is -0.352 e. The fourth-order valence-electron chi connectivity index (χ4n) is 3.53. The van der Waals surface area contributed by atoms with Crippen LogP contribution in [0.1, 0.15) is 41.5 Å². The number of aromatic nitrogens is 3. The molecule has 0 fully saturated rings. The van der Waals surface area contributed by atoms with Gasteiger partial charge in [-0.1, -0.05) is 36.4 Å². The normalized spacial score (nSPS) is 11.2. The average Bonchev–Trinajstić information content (AvgIpc) is 2.74. The van der Waals surface area contributed by atoms with Gasteiger partial charge in [-0.25, -0.2) is 0 Å². The predicted octanol–water partition coefficient (Wildman–Crippen LogP) is 6.37. The van der Waals surface area contributed by atoms with Crippen LogP contribution in [0.4, 0.5) is 28.1 Å². The third kappa shape index (κ3) is 6.44. The van der Waals surface area contributed by atoms with E-state index in [0.29, 0.717) is 17.1 Å². The summed E-state index contributed by atoms with van der Waals surface area (Å²) in [7, 11) is 0. The minimum atomic E-state index is -0.194. The number of anilines is 4. The summed E-state index contributed by atoms with van der Waals surface area (Å²) in [5.41, 5.74) is 1.56. The Hall–Kier alpha value is -3.13. The molecule has 1 N–H and O–H groups in total. The van der Waals surface area contributed by atoms with E-state index in [4.69, 9.17) is 0 Å². The molecule has 2 aromatic carbocycles. The highest BCUT2D eigenvalue weighted by Gasteiger charge is 2.24. The van der Waals surface area contributed by atoms with E-state index in [1.165, 1.54) is 0 Å². The zero-order chi connectivity index (χ0) is 24.0. The fourth-order valence-corrected chi connectivity index (χ4v) is 4.24. The van der Waals surface area contributed by atoms with Crippen molar-refractivity contribution in [2.75, 3.05) is 15.1 Å². The molecule has 174 valence electrons. The first-order valence-corrected chi connectivity index (χ1v) is 12.0. The maximum atomic E-state index is 13.6. The van der Waals surface area contributed by atoms with Crippen molar-refractivity contribution < 1.29 is 4.79 Å². The standard InChI is InChI=1S/C25H32N6OS/c1-17(2)26-22-27-23(30(18(3)4)19(5)6)29-24(28-22)33-25(32)31(20-13-9-7-10-14-20)21-15-11-8-12-16-21/h7-19H,1-6H3,(H,26,27,28,29). The van der Waals surface area contributed by atoms with E-state index in [9.17, 15) is 4.79 Å². The molecule has 33 heavy (non-hydrogen) atoms. The molecule has 0 aliphatic heterocycles. The molecule has 1 aromatic heterocycles. The van der Waals surface area contributed by atoms with Crippen molar-refractivity contribution in [3.05, 3.63) is 60.7 Å². The van der Waals surface area contributed by atoms with Crippen molar-refractivity contribution in [1.29, 1.82) is 0 Å². The summed E-state index contributed by atoms with van der Waals surface area (Å²) in [5.74, 6) is 1.02. The molecule has 3 rings (SSSR count). The first-order valence-electron chi connectivity index (χ1n) is 11.2. The Morgan fingerprint density at radius 3 is 1.76 bits per heavy atom. The summed E-state index contributed by atoms with van der Waals surface area (Å²) >= 11 is 0.996. The van der Waals surface area contributed by atoms with E-state index in [-0.39, 0.29) is 23.4 Å². The van der Waals surface area contributed by atoms with Crippen LogP contribution in [-0.4, -0.2) is 38.3 Å². The number of benzene rings is 2. The molecule has 0 spiro atoms. The molecule has 3 aromatic rings. The monoisotopic (exact) mass is 464 g/mol. The number of hydrogen-bond donors (Lipinski definition) is 1. The van der Waals surface area contributed by atoms with Gasteiger partial charge in [0.25, 0.3) is 5.24 Å². The molecule has 7 nitrogen and oxygen atoms in total. The summed E-state index contributed by atoms with van der Waals surface area (Å²) in [6.07, 6.45) is 0. The van der Waals surface area contributed by atoms with Crippen molar-refractivity contribution >= 4 is 40.3 Å². The summed E-state index contributed by atoms with van der Waals surface area (Å²) in [4.78, 5) is 31.2. The van der Waals surface area contributed by atoms with Crippen molar-refractivity contribution in [2.45, 2.75) is 64.8 Å². The van der Waals surface area contributed by atoms with Crippen molar-refractivity contribution in [3.8, 4) is 0 Å². The van der Waals surface area contributed by atoms with Crippen LogP contribution in [-0.2, 0) is 0 Å². The summed E-state index contributed by atoms with van der Waals surface area (Å²) in [6.45, 7) is 12.5. The molecule has 0 aliphatic rings. The van der Waals surface area contributed by atoms with E-state index in [2.05, 4.69) is 52.9 Å². The molecule has 0 atom stereocenters. The Kier molecular flexibility index (Phi) is 8.27. The molecular weight excluding hydrogens is 432 g/mol. The van der Waals surface area contributed by atoms with Crippen LogP contribution in [0.5, 0.6) is 0 Å². The second kappa shape index (κ2) is 11.1. The lowest BCUT2D eigenvalue weighted by Crippen LogP contribution is -2.38. The van der Waals surface area contributed by atoms with Gasteiger partial charge in [-0.05, 0) is 65.8 Å². The summed E-state index contributed by atoms with van der Waals surface area (Å²) < 4.78 is 0. The highest BCUT2D eigenvalue weighted by atomic mass is 32.2. The molecule has 0 bridgehead atoms. The number of hydrogen-bond acceptors (Lipinski definition) is 7. The second-order valence-electron chi connectivity index (χ2n) is 8.51. The largest absolute Gasteiger partial charge is 0.352 e. The van der Waals surface area contributed by atoms with Crippen LogP contribution < -0.4 is 15.1 Å². The van der Waals surface area contributed by atoms with E-state index in [1.807, 2.05) is 74.5 Å². The lowest BCUT2D eigenvalue weighted by atomic mass is 10.2. The number of amides is 1. The Morgan fingerprint density at radius 1 is 0.788 bits per heavy atom. The number of carbonyl (C=O) groups is 1. The van der Waals surface area contributed by atoms with Crippen LogP contribution in [0.3, 0.4) is 0 Å². The zero-order valence-electron chi connectivity index (χ0n) is 20.1. The van der Waals surface area contributed by atoms with Crippen LogP contribution in [0.2, 0.25) is 0 Å². The highest BCUT2D eigenvalue weighted by molar-refractivity contribution is 8.13. The molecular formula is C25H32N6OS. The van der Waals surface area contributed by atoms with E-state index < -0.39 is 0 Å². The molecule has 1 amide bonds. The van der Waals surface area contributed by atoms with Crippen molar-refractivity contribution in [1.82, 2.24) is 15.0 Å². The zero-order valence-corrected chi connectivity index (χ0v) is 20.9. The highest BCUT2D eigenvalue weighted by Crippen LogP contribution is 2.31. The molecule has 0 radical (unpaired) electrons. The first-order chi connectivity index (χ1) is 15.8. The lowest BCUT2D eigenvalue weighted by molar-refractivity contribution is 0.267. The number of rotatable bonds is 8. The number of nitrogens with zero attached hydrogens (tertiary/aromatic N) is 5. The second-order valence-corrected chi connectivity index (χ2v) is 9.43. The third-order valence-electron chi connectivity index (χ3n) is 4.75. The van der Waals surface area contributed by atoms with Gasteiger partial charge in [0.1, 0.15) is 0 Å². The fraction of sp³-hybridized carbons (Fsp3) is 0.360. The van der Waals surface area contributed by atoms with Gasteiger partial charge < -0.3 is 10.2 Å². The van der Waals surface area contributed by atoms with Gasteiger partial charge in [0.2, 0.25) is 17.1 Å². The van der Waals surface area contributed by atoms with Gasteiger partial charge in [-0.3, -0.25) is 9.69 Å². The van der Waals surface area contributed by atoms with E-state index >= 15 is 0 Å². The smallest absolute Gasteiger partial charge is 0.298 e. The Morgan fingerprint density at radius 2 is 1.30 bits per heavy atom. The molecule has 0 saturated carbocycles. The van der Waals surface area contributed by atoms with Gasteiger partial charge in [0.05, 0.1) is 0 Å². The maximum Gasteiger partial charge on any atom is 0.298 e. The predicted molar refractivity (Wildman–Crippen MR) is 138 cm³/mol. The lowest BCUT2D eigenvalue weighted by Gasteiger charge is -2.31. The average molecular weight is 465 g/mol. The minimum absolute atomic E-state index is 0.144. The van der Waals surface area contributed by atoms with Crippen LogP contribution in [0.25, 0.3) is 0 Å². The van der Waals surface area contributed by atoms with Gasteiger partial charge in [-0.15, -0.1) is 0 Å². The molecule has 0 unspecified atom stereocenters. The number of thioether (sulfide) groups is 1. The molecule has 8 heteroatoms. The van der Waals surface area contributed by atoms with Gasteiger partial charge >= 0.3 is 0 Å². The van der Waals surface area contributed by atoms with Crippen molar-refractivity contribution in [3.63, 3.8) is 0 Å². The molecule has 0 saturated heterocycles. The van der Waals surface area contributed by atoms with Crippen LogP contribution in [0, 0.1) is 0 Å². The molecule has 0 aliphatic carbocycles. The van der Waals surface area contributed by atoms with Crippen LogP contribution >= 0.6 is 11.8 Å². The quantitative estimate of drug-likeness (QED) is 0.388. The first kappa shape index (κ1) is 24.5. The third-order valence-corrected chi connectivity index (χ3v) is 5.48. The van der Waals surface area contributed by atoms with Gasteiger partial charge in [-0.2, -0.15) is 15.0 Å². The Labute approximate surface area is 200 Å². The Balaban J connectivity index is 2.00. The topological polar surface area (TPSA) is 74.2 Å². The van der Waals surface area contributed by atoms with Gasteiger partial charge in [0.15, 0.2) is 0 Å². The number of nitrogens with one attached hydrogen (secondary N) is 1. The van der Waals surface area contributed by atoms with Gasteiger partial charge in [0, 0.05) is 41.3 Å². The molecule has 1 heterocycles. The summed E-state index contributed by atoms with van der Waals surface area (Å²) in [5, 5.41) is 3.42. The summed E-state index contributed by atoms with van der Waals surface area (Å²) in [6, 6.07) is 19.7. The number of para-hydroxylation sites is 2. The van der Waals surface area contributed by atoms with E-state index in [1.54, 1.807) is 4.90 Å². The number of carbonyl (C=O) groups excluding carboxylic acids is 1.